The van der Waals surface area contributed by atoms with Crippen LogP contribution in [0.3, 0.4) is 0 Å². The fourth-order valence-electron chi connectivity index (χ4n) is 6.26. The highest BCUT2D eigenvalue weighted by atomic mass is 16.5. The van der Waals surface area contributed by atoms with Crippen LogP contribution in [0.15, 0.2) is 127 Å². The first kappa shape index (κ1) is 31.5. The molecule has 9 heteroatoms. The summed E-state index contributed by atoms with van der Waals surface area (Å²) in [6, 6.07) is 39.9. The molecule has 4 aromatic carbocycles. The number of aliphatic hydroxyl groups excluding tert-OH is 1. The van der Waals surface area contributed by atoms with E-state index in [1.807, 2.05) is 89.6 Å². The standard InChI is InChI=1S/C38H37N5O4/c1-37(2,46)34(26-16-8-4-9-17-26)41-36(45)40-32-24-31-33(30(25-44)39-32)35(47-3)42-43(31)38(27-18-10-5-11-19-27,28-20-12-6-13-21-28)29-22-14-7-15-23-29/h4-24,34,44,46H,25H2,1-3H3,(H2,39,40,41,45)/t34-/m0/s1. The minimum atomic E-state index is -1.26. The summed E-state index contributed by atoms with van der Waals surface area (Å²) in [6.07, 6.45) is 0. The summed E-state index contributed by atoms with van der Waals surface area (Å²) >= 11 is 0. The third-order valence-corrected chi connectivity index (χ3v) is 8.30. The number of nitrogens with zero attached hydrogens (tertiary/aromatic N) is 3. The first-order chi connectivity index (χ1) is 22.8. The lowest BCUT2D eigenvalue weighted by Gasteiger charge is -2.37. The molecule has 0 spiro atoms. The number of rotatable bonds is 10. The number of nitrogens with one attached hydrogen (secondary N) is 2. The van der Waals surface area contributed by atoms with Crippen molar-refractivity contribution in [3.63, 3.8) is 0 Å². The number of urea groups is 1. The molecule has 4 N–H and O–H groups in total. The molecule has 2 aromatic heterocycles. The van der Waals surface area contributed by atoms with Crippen molar-refractivity contribution in [2.75, 3.05) is 12.4 Å². The number of amides is 2. The zero-order chi connectivity index (χ0) is 33.0. The molecule has 47 heavy (non-hydrogen) atoms. The van der Waals surface area contributed by atoms with E-state index in [0.29, 0.717) is 10.9 Å². The van der Waals surface area contributed by atoms with Crippen molar-refractivity contribution in [1.82, 2.24) is 20.1 Å². The Hall–Kier alpha value is -5.51. The highest BCUT2D eigenvalue weighted by Gasteiger charge is 2.41. The molecule has 6 rings (SSSR count). The van der Waals surface area contributed by atoms with Gasteiger partial charge >= 0.3 is 6.03 Å². The predicted molar refractivity (Wildman–Crippen MR) is 182 cm³/mol. The van der Waals surface area contributed by atoms with Crippen LogP contribution in [-0.2, 0) is 12.1 Å². The highest BCUT2D eigenvalue weighted by molar-refractivity contribution is 5.94. The number of aromatic nitrogens is 3. The van der Waals surface area contributed by atoms with Gasteiger partial charge in [-0.1, -0.05) is 121 Å². The molecule has 2 heterocycles. The van der Waals surface area contributed by atoms with E-state index in [-0.39, 0.29) is 17.4 Å². The second kappa shape index (κ2) is 13.1. The minimum Gasteiger partial charge on any atom is -0.479 e. The van der Waals surface area contributed by atoms with Gasteiger partial charge in [-0.3, -0.25) is 5.32 Å². The average Bonchev–Trinajstić information content (AvgIpc) is 3.47. The third kappa shape index (κ3) is 5.94. The number of aliphatic hydroxyl groups is 2. The van der Waals surface area contributed by atoms with E-state index in [2.05, 4.69) is 52.0 Å². The molecule has 0 saturated heterocycles. The van der Waals surface area contributed by atoms with E-state index in [9.17, 15) is 15.0 Å². The maximum atomic E-state index is 13.5. The van der Waals surface area contributed by atoms with Crippen LogP contribution in [0.5, 0.6) is 5.88 Å². The first-order valence-corrected chi connectivity index (χ1v) is 15.4. The summed E-state index contributed by atoms with van der Waals surface area (Å²) < 4.78 is 7.69. The van der Waals surface area contributed by atoms with Gasteiger partial charge in [-0.05, 0) is 36.1 Å². The second-order valence-electron chi connectivity index (χ2n) is 11.8. The quantitative estimate of drug-likeness (QED) is 0.130. The molecule has 0 aliphatic heterocycles. The van der Waals surface area contributed by atoms with Gasteiger partial charge in [0.1, 0.15) is 11.4 Å². The van der Waals surface area contributed by atoms with Gasteiger partial charge in [0, 0.05) is 6.07 Å². The van der Waals surface area contributed by atoms with E-state index in [4.69, 9.17) is 9.84 Å². The fourth-order valence-corrected chi connectivity index (χ4v) is 6.26. The lowest BCUT2D eigenvalue weighted by molar-refractivity contribution is 0.0415. The van der Waals surface area contributed by atoms with Gasteiger partial charge in [-0.15, -0.1) is 5.10 Å². The highest BCUT2D eigenvalue weighted by Crippen LogP contribution is 2.44. The molecule has 0 bridgehead atoms. The van der Waals surface area contributed by atoms with Crippen LogP contribution < -0.4 is 15.4 Å². The van der Waals surface area contributed by atoms with Crippen LogP contribution in [0.2, 0.25) is 0 Å². The van der Waals surface area contributed by atoms with Crippen LogP contribution in [-0.4, -0.2) is 43.7 Å². The maximum Gasteiger partial charge on any atom is 0.320 e. The summed E-state index contributed by atoms with van der Waals surface area (Å²) in [7, 11) is 1.53. The van der Waals surface area contributed by atoms with Crippen molar-refractivity contribution >= 4 is 22.8 Å². The molecular formula is C38H37N5O4. The molecule has 0 radical (unpaired) electrons. The number of hydrogen-bond acceptors (Lipinski definition) is 6. The van der Waals surface area contributed by atoms with E-state index in [0.717, 1.165) is 22.3 Å². The van der Waals surface area contributed by atoms with Crippen molar-refractivity contribution in [1.29, 1.82) is 0 Å². The number of ether oxygens (including phenoxy) is 1. The van der Waals surface area contributed by atoms with Crippen LogP contribution in [0.1, 0.15) is 47.8 Å². The van der Waals surface area contributed by atoms with Gasteiger partial charge in [0.15, 0.2) is 0 Å². The Balaban J connectivity index is 1.56. The van der Waals surface area contributed by atoms with Crippen LogP contribution in [0.4, 0.5) is 10.6 Å². The molecule has 238 valence electrons. The molecule has 0 aliphatic rings. The number of carbonyl (C=O) groups is 1. The van der Waals surface area contributed by atoms with Gasteiger partial charge in [-0.2, -0.15) is 0 Å². The maximum absolute atomic E-state index is 13.5. The molecular weight excluding hydrogens is 590 g/mol. The summed E-state index contributed by atoms with van der Waals surface area (Å²) in [4.78, 5) is 18.1. The Morgan fingerprint density at radius 3 is 1.77 bits per heavy atom. The van der Waals surface area contributed by atoms with Crippen molar-refractivity contribution in [3.8, 4) is 5.88 Å². The van der Waals surface area contributed by atoms with Gasteiger partial charge < -0.3 is 20.3 Å². The van der Waals surface area contributed by atoms with Crippen molar-refractivity contribution in [2.45, 2.75) is 37.6 Å². The van der Waals surface area contributed by atoms with Gasteiger partial charge in [0.25, 0.3) is 0 Å². The van der Waals surface area contributed by atoms with Crippen molar-refractivity contribution in [2.24, 2.45) is 0 Å². The number of benzene rings is 4. The Bertz CT molecular complexity index is 1860. The van der Waals surface area contributed by atoms with Gasteiger partial charge in [-0.25, -0.2) is 14.5 Å². The van der Waals surface area contributed by atoms with Crippen LogP contribution >= 0.6 is 0 Å². The zero-order valence-corrected chi connectivity index (χ0v) is 26.5. The summed E-state index contributed by atoms with van der Waals surface area (Å²) in [6.45, 7) is 2.85. The summed E-state index contributed by atoms with van der Waals surface area (Å²) in [5.74, 6) is 0.472. The molecule has 0 saturated carbocycles. The smallest absolute Gasteiger partial charge is 0.320 e. The van der Waals surface area contributed by atoms with E-state index in [1.54, 1.807) is 19.9 Å². The number of hydrogen-bond donors (Lipinski definition) is 4. The topological polar surface area (TPSA) is 122 Å². The zero-order valence-electron chi connectivity index (χ0n) is 26.5. The Morgan fingerprint density at radius 1 is 0.830 bits per heavy atom. The number of anilines is 1. The SMILES string of the molecule is COc1nn(C(c2ccccc2)(c2ccccc2)c2ccccc2)c2cc(NC(=O)N[C@@H](c3ccccc3)C(C)(C)O)nc(CO)c12. The Morgan fingerprint density at radius 2 is 1.32 bits per heavy atom. The average molecular weight is 628 g/mol. The Kier molecular flexibility index (Phi) is 8.76. The monoisotopic (exact) mass is 627 g/mol. The molecule has 9 nitrogen and oxygen atoms in total. The molecule has 6 aromatic rings. The van der Waals surface area contributed by atoms with E-state index >= 15 is 0 Å². The number of fused-ring (bicyclic) bond motifs is 1. The van der Waals surface area contributed by atoms with Crippen LogP contribution in [0, 0.1) is 0 Å². The molecule has 0 unspecified atom stereocenters. The van der Waals surface area contributed by atoms with E-state index < -0.39 is 29.8 Å². The number of pyridine rings is 1. The molecule has 2 amide bonds. The minimum absolute atomic E-state index is 0.188. The number of carbonyl (C=O) groups excluding carboxylic acids is 1. The fraction of sp³-hybridized carbons (Fsp3) is 0.184. The molecule has 0 aliphatic carbocycles. The summed E-state index contributed by atoms with van der Waals surface area (Å²) in [5.41, 5.74) is 2.17. The van der Waals surface area contributed by atoms with Crippen molar-refractivity contribution < 1.29 is 19.7 Å². The van der Waals surface area contributed by atoms with Gasteiger partial charge in [0.05, 0.1) is 42.0 Å². The van der Waals surface area contributed by atoms with E-state index in [1.165, 1.54) is 7.11 Å². The largest absolute Gasteiger partial charge is 0.479 e. The molecule has 1 atom stereocenters. The van der Waals surface area contributed by atoms with Gasteiger partial charge in [0.2, 0.25) is 5.88 Å². The first-order valence-electron chi connectivity index (χ1n) is 15.4. The number of methoxy groups -OCH3 is 1. The lowest BCUT2D eigenvalue weighted by Crippen LogP contribution is -2.44. The third-order valence-electron chi connectivity index (χ3n) is 8.30. The van der Waals surface area contributed by atoms with Crippen molar-refractivity contribution in [3.05, 3.63) is 155 Å². The Labute approximate surface area is 273 Å². The van der Waals surface area contributed by atoms with Crippen LogP contribution in [0.25, 0.3) is 10.9 Å². The normalized spacial score (nSPS) is 12.4. The molecule has 0 fully saturated rings. The lowest BCUT2D eigenvalue weighted by atomic mass is 9.77. The second-order valence-corrected chi connectivity index (χ2v) is 11.8. The summed E-state index contributed by atoms with van der Waals surface area (Å²) in [5, 5.41) is 32.8. The predicted octanol–water partition coefficient (Wildman–Crippen LogP) is 6.41.